The van der Waals surface area contributed by atoms with E-state index in [1.165, 1.54) is 30.3 Å². The van der Waals surface area contributed by atoms with Gasteiger partial charge in [-0.3, -0.25) is 18.9 Å². The largest absolute Gasteiger partial charge is 0.478 e. The molecule has 0 saturated carbocycles. The third kappa shape index (κ3) is 2.39. The molecule has 24 heavy (non-hydrogen) atoms. The number of carbonyl (C=O) groups is 1. The number of aryl methyl sites for hydroxylation is 3. The van der Waals surface area contributed by atoms with E-state index >= 15 is 0 Å². The number of hydrogen-bond donors (Lipinski definition) is 1. The zero-order chi connectivity index (χ0) is 17.4. The lowest BCUT2D eigenvalue weighted by Gasteiger charge is -2.08. The first-order valence-electron chi connectivity index (χ1n) is 7.19. The number of hydrogen-bond acceptors (Lipinski definition) is 5. The summed E-state index contributed by atoms with van der Waals surface area (Å²) in [6, 6.07) is 1.64. The number of aromatic carboxylic acids is 1. The maximum Gasteiger partial charge on any atom is 0.337 e. The second-order valence-corrected chi connectivity index (χ2v) is 5.40. The molecule has 0 atom stereocenters. The molecule has 3 rings (SSSR count). The molecular weight excluding hydrogens is 314 g/mol. The average Bonchev–Trinajstić information content (AvgIpc) is 3.00. The van der Waals surface area contributed by atoms with Gasteiger partial charge in [-0.05, 0) is 18.1 Å². The normalized spacial score (nSPS) is 11.1. The monoisotopic (exact) mass is 329 g/mol. The van der Waals surface area contributed by atoms with Gasteiger partial charge in [-0.15, -0.1) is 0 Å². The Labute approximate surface area is 135 Å². The van der Waals surface area contributed by atoms with Crippen LogP contribution in [0, 0.1) is 0 Å². The van der Waals surface area contributed by atoms with Gasteiger partial charge in [0, 0.05) is 33.0 Å². The summed E-state index contributed by atoms with van der Waals surface area (Å²) in [7, 11) is 2.96. The van der Waals surface area contributed by atoms with E-state index in [2.05, 4.69) is 9.97 Å². The van der Waals surface area contributed by atoms with Gasteiger partial charge in [0.15, 0.2) is 11.2 Å². The van der Waals surface area contributed by atoms with Crippen LogP contribution in [0.25, 0.3) is 11.2 Å². The summed E-state index contributed by atoms with van der Waals surface area (Å²) < 4.78 is 3.96. The molecule has 0 bridgehead atoms. The van der Waals surface area contributed by atoms with Crippen LogP contribution in [0.5, 0.6) is 0 Å². The molecule has 0 aromatic carbocycles. The molecule has 9 nitrogen and oxygen atoms in total. The summed E-state index contributed by atoms with van der Waals surface area (Å²) >= 11 is 0. The summed E-state index contributed by atoms with van der Waals surface area (Å²) in [5.41, 5.74) is 0.476. The van der Waals surface area contributed by atoms with Crippen molar-refractivity contribution in [3.8, 4) is 0 Å². The van der Waals surface area contributed by atoms with Gasteiger partial charge < -0.3 is 9.67 Å². The van der Waals surface area contributed by atoms with E-state index in [0.717, 1.165) is 4.57 Å². The van der Waals surface area contributed by atoms with Crippen LogP contribution in [0.15, 0.2) is 34.4 Å². The minimum absolute atomic E-state index is 0.127. The third-order valence-corrected chi connectivity index (χ3v) is 3.98. The van der Waals surface area contributed by atoms with Crippen molar-refractivity contribution >= 4 is 17.1 Å². The number of aromatic nitrogens is 5. The quantitative estimate of drug-likeness (QED) is 0.707. The second kappa shape index (κ2) is 5.76. The molecule has 0 unspecified atom stereocenters. The van der Waals surface area contributed by atoms with Gasteiger partial charge in [-0.25, -0.2) is 14.6 Å². The molecule has 3 aromatic rings. The van der Waals surface area contributed by atoms with E-state index in [0.29, 0.717) is 29.7 Å². The van der Waals surface area contributed by atoms with Gasteiger partial charge >= 0.3 is 11.7 Å². The number of pyridine rings is 1. The number of rotatable bonds is 4. The summed E-state index contributed by atoms with van der Waals surface area (Å²) in [5.74, 6) is -1.05. The number of carboxylic acids is 1. The highest BCUT2D eigenvalue weighted by Crippen LogP contribution is 2.11. The summed E-state index contributed by atoms with van der Waals surface area (Å²) in [6.07, 6.45) is 4.69. The summed E-state index contributed by atoms with van der Waals surface area (Å²) in [5, 5.41) is 9.19. The highest BCUT2D eigenvalue weighted by Gasteiger charge is 2.15. The zero-order valence-corrected chi connectivity index (χ0v) is 13.1. The van der Waals surface area contributed by atoms with Crippen molar-refractivity contribution < 1.29 is 9.90 Å². The first-order valence-corrected chi connectivity index (χ1v) is 7.19. The molecule has 124 valence electrons. The molecule has 0 spiro atoms. The standard InChI is InChI=1S/C15H15N5O4/c1-18-12-11(13(21)19(2)15(18)24)20(8-17-12)6-4-9-3-5-16-7-10(9)14(22)23/h3,5,7-8H,4,6H2,1-2H3,(H,22,23). The number of imidazole rings is 1. The third-order valence-electron chi connectivity index (χ3n) is 3.98. The van der Waals surface area contributed by atoms with Gasteiger partial charge in [-0.1, -0.05) is 0 Å². The Bertz CT molecular complexity index is 1060. The molecule has 0 radical (unpaired) electrons. The molecule has 0 saturated heterocycles. The fraction of sp³-hybridized carbons (Fsp3) is 0.267. The van der Waals surface area contributed by atoms with E-state index in [-0.39, 0.29) is 5.56 Å². The minimum atomic E-state index is -1.05. The lowest BCUT2D eigenvalue weighted by molar-refractivity contribution is 0.0695. The Morgan fingerprint density at radius 3 is 2.71 bits per heavy atom. The van der Waals surface area contributed by atoms with Crippen LogP contribution in [0.2, 0.25) is 0 Å². The Kier molecular flexibility index (Phi) is 3.76. The predicted molar refractivity (Wildman–Crippen MR) is 85.1 cm³/mol. The first-order chi connectivity index (χ1) is 11.4. The van der Waals surface area contributed by atoms with Crippen LogP contribution in [-0.2, 0) is 27.1 Å². The lowest BCUT2D eigenvalue weighted by Crippen LogP contribution is -2.37. The van der Waals surface area contributed by atoms with Gasteiger partial charge in [0.2, 0.25) is 0 Å². The molecule has 9 heteroatoms. The molecule has 0 aliphatic rings. The molecule has 1 N–H and O–H groups in total. The number of carboxylic acid groups (broad SMARTS) is 1. The lowest BCUT2D eigenvalue weighted by atomic mass is 10.1. The van der Waals surface area contributed by atoms with Crippen LogP contribution < -0.4 is 11.2 Å². The van der Waals surface area contributed by atoms with Crippen molar-refractivity contribution in [1.82, 2.24) is 23.7 Å². The van der Waals surface area contributed by atoms with Crippen molar-refractivity contribution in [3.63, 3.8) is 0 Å². The molecular formula is C15H15N5O4. The first kappa shape index (κ1) is 15.7. The van der Waals surface area contributed by atoms with Crippen molar-refractivity contribution in [2.75, 3.05) is 0 Å². The average molecular weight is 329 g/mol. The Balaban J connectivity index is 2.03. The van der Waals surface area contributed by atoms with E-state index < -0.39 is 17.2 Å². The van der Waals surface area contributed by atoms with Crippen molar-refractivity contribution in [2.24, 2.45) is 14.1 Å². The summed E-state index contributed by atoms with van der Waals surface area (Å²) in [4.78, 5) is 43.4. The molecule has 0 fully saturated rings. The van der Waals surface area contributed by atoms with E-state index in [1.807, 2.05) is 0 Å². The van der Waals surface area contributed by atoms with Gasteiger partial charge in [-0.2, -0.15) is 0 Å². The van der Waals surface area contributed by atoms with E-state index in [4.69, 9.17) is 0 Å². The fourth-order valence-electron chi connectivity index (χ4n) is 2.64. The number of nitrogens with zero attached hydrogens (tertiary/aromatic N) is 5. The van der Waals surface area contributed by atoms with Gasteiger partial charge in [0.05, 0.1) is 11.9 Å². The Hall–Kier alpha value is -3.23. The van der Waals surface area contributed by atoms with Crippen LogP contribution in [0.1, 0.15) is 15.9 Å². The van der Waals surface area contributed by atoms with Crippen molar-refractivity contribution in [2.45, 2.75) is 13.0 Å². The zero-order valence-electron chi connectivity index (χ0n) is 13.1. The maximum atomic E-state index is 12.4. The van der Waals surface area contributed by atoms with Crippen LogP contribution in [-0.4, -0.2) is 34.7 Å². The van der Waals surface area contributed by atoms with Crippen LogP contribution >= 0.6 is 0 Å². The smallest absolute Gasteiger partial charge is 0.337 e. The van der Waals surface area contributed by atoms with Crippen LogP contribution in [0.4, 0.5) is 0 Å². The van der Waals surface area contributed by atoms with E-state index in [9.17, 15) is 19.5 Å². The van der Waals surface area contributed by atoms with Crippen LogP contribution in [0.3, 0.4) is 0 Å². The second-order valence-electron chi connectivity index (χ2n) is 5.40. The van der Waals surface area contributed by atoms with Crippen molar-refractivity contribution in [1.29, 1.82) is 0 Å². The fourth-order valence-corrected chi connectivity index (χ4v) is 2.64. The molecule has 3 heterocycles. The SMILES string of the molecule is Cn1c(=O)c2c(ncn2CCc2ccncc2C(=O)O)n(C)c1=O. The highest BCUT2D eigenvalue weighted by atomic mass is 16.4. The topological polar surface area (TPSA) is 112 Å². The molecule has 0 aliphatic heterocycles. The predicted octanol–water partition coefficient (Wildman–Crippen LogP) is -0.230. The highest BCUT2D eigenvalue weighted by molar-refractivity contribution is 5.88. The van der Waals surface area contributed by atoms with Gasteiger partial charge in [0.1, 0.15) is 0 Å². The molecule has 3 aromatic heterocycles. The summed E-state index contributed by atoms with van der Waals surface area (Å²) in [6.45, 7) is 0.355. The van der Waals surface area contributed by atoms with Gasteiger partial charge in [0.25, 0.3) is 5.56 Å². The Morgan fingerprint density at radius 2 is 2.00 bits per heavy atom. The molecule has 0 aliphatic carbocycles. The van der Waals surface area contributed by atoms with E-state index in [1.54, 1.807) is 17.7 Å². The van der Waals surface area contributed by atoms with Crippen molar-refractivity contribution in [3.05, 3.63) is 56.8 Å². The Morgan fingerprint density at radius 1 is 1.25 bits per heavy atom. The minimum Gasteiger partial charge on any atom is -0.478 e. The number of fused-ring (bicyclic) bond motifs is 1. The maximum absolute atomic E-state index is 12.4. The molecule has 0 amide bonds.